The number of pyridine rings is 1. The standard InChI is InChI=1S/C13H22N2O/c1-5-14-13-8-12(6-7-15-13)9-16-11(4)10(2)3/h6-8,10-11H,5,9H2,1-4H3,(H,14,15). The molecule has 0 amide bonds. The molecule has 1 heterocycles. The molecule has 1 unspecified atom stereocenters. The second-order valence-corrected chi connectivity index (χ2v) is 4.34. The number of ether oxygens (including phenoxy) is 1. The minimum absolute atomic E-state index is 0.288. The number of hydrogen-bond acceptors (Lipinski definition) is 3. The fourth-order valence-corrected chi connectivity index (χ4v) is 1.26. The van der Waals surface area contributed by atoms with Crippen LogP contribution in [0.4, 0.5) is 5.82 Å². The number of hydrogen-bond donors (Lipinski definition) is 1. The Morgan fingerprint density at radius 3 is 2.75 bits per heavy atom. The molecule has 1 atom stereocenters. The van der Waals surface area contributed by atoms with Gasteiger partial charge in [-0.2, -0.15) is 0 Å². The molecular formula is C13H22N2O. The highest BCUT2D eigenvalue weighted by atomic mass is 16.5. The molecule has 0 bridgehead atoms. The summed E-state index contributed by atoms with van der Waals surface area (Å²) in [6.07, 6.45) is 2.10. The van der Waals surface area contributed by atoms with Gasteiger partial charge in [-0.15, -0.1) is 0 Å². The summed E-state index contributed by atoms with van der Waals surface area (Å²) < 4.78 is 5.77. The second kappa shape index (κ2) is 6.48. The van der Waals surface area contributed by atoms with Crippen LogP contribution in [-0.2, 0) is 11.3 Å². The molecule has 0 aliphatic heterocycles. The van der Waals surface area contributed by atoms with E-state index in [1.54, 1.807) is 0 Å². The van der Waals surface area contributed by atoms with Gasteiger partial charge in [0.25, 0.3) is 0 Å². The Bertz CT molecular complexity index is 313. The summed E-state index contributed by atoms with van der Waals surface area (Å²) >= 11 is 0. The molecule has 0 aromatic carbocycles. The molecule has 3 heteroatoms. The summed E-state index contributed by atoms with van der Waals surface area (Å²) in [6, 6.07) is 4.03. The molecule has 16 heavy (non-hydrogen) atoms. The molecule has 0 saturated carbocycles. The molecule has 0 radical (unpaired) electrons. The van der Waals surface area contributed by atoms with Crippen molar-refractivity contribution in [2.24, 2.45) is 5.92 Å². The van der Waals surface area contributed by atoms with Gasteiger partial charge in [-0.05, 0) is 37.5 Å². The smallest absolute Gasteiger partial charge is 0.126 e. The largest absolute Gasteiger partial charge is 0.374 e. The predicted octanol–water partition coefficient (Wildman–Crippen LogP) is 3.07. The van der Waals surface area contributed by atoms with Crippen molar-refractivity contribution in [3.05, 3.63) is 23.9 Å². The second-order valence-electron chi connectivity index (χ2n) is 4.34. The van der Waals surface area contributed by atoms with Crippen LogP contribution in [0, 0.1) is 5.92 Å². The van der Waals surface area contributed by atoms with Crippen LogP contribution < -0.4 is 5.32 Å². The highest BCUT2D eigenvalue weighted by Crippen LogP contribution is 2.11. The van der Waals surface area contributed by atoms with Crippen molar-refractivity contribution in [2.45, 2.75) is 40.4 Å². The van der Waals surface area contributed by atoms with Gasteiger partial charge in [-0.1, -0.05) is 13.8 Å². The number of nitrogens with one attached hydrogen (secondary N) is 1. The average Bonchev–Trinajstić information content (AvgIpc) is 2.26. The van der Waals surface area contributed by atoms with Crippen LogP contribution in [0.1, 0.15) is 33.3 Å². The fraction of sp³-hybridized carbons (Fsp3) is 0.615. The van der Waals surface area contributed by atoms with Crippen LogP contribution in [-0.4, -0.2) is 17.6 Å². The third-order valence-corrected chi connectivity index (χ3v) is 2.63. The van der Waals surface area contributed by atoms with E-state index >= 15 is 0 Å². The van der Waals surface area contributed by atoms with E-state index in [0.717, 1.165) is 12.4 Å². The van der Waals surface area contributed by atoms with E-state index in [1.807, 2.05) is 18.3 Å². The first-order valence-electron chi connectivity index (χ1n) is 5.94. The monoisotopic (exact) mass is 222 g/mol. The zero-order valence-corrected chi connectivity index (χ0v) is 10.7. The van der Waals surface area contributed by atoms with Gasteiger partial charge in [0.1, 0.15) is 5.82 Å². The van der Waals surface area contributed by atoms with Crippen LogP contribution in [0.3, 0.4) is 0 Å². The van der Waals surface area contributed by atoms with Crippen molar-refractivity contribution in [3.63, 3.8) is 0 Å². The zero-order valence-electron chi connectivity index (χ0n) is 10.7. The molecule has 0 fully saturated rings. The molecule has 0 aliphatic rings. The summed E-state index contributed by atoms with van der Waals surface area (Å²) in [7, 11) is 0. The Hall–Kier alpha value is -1.09. The molecule has 0 spiro atoms. The van der Waals surface area contributed by atoms with E-state index in [1.165, 1.54) is 5.56 Å². The van der Waals surface area contributed by atoms with E-state index in [4.69, 9.17) is 4.74 Å². The number of rotatable bonds is 6. The summed E-state index contributed by atoms with van der Waals surface area (Å²) in [5, 5.41) is 3.19. The third kappa shape index (κ3) is 4.19. The van der Waals surface area contributed by atoms with Crippen LogP contribution >= 0.6 is 0 Å². The minimum Gasteiger partial charge on any atom is -0.374 e. The first kappa shape index (κ1) is 13.0. The van der Waals surface area contributed by atoms with Crippen molar-refractivity contribution in [1.82, 2.24) is 4.98 Å². The molecular weight excluding hydrogens is 200 g/mol. The lowest BCUT2D eigenvalue weighted by molar-refractivity contribution is 0.0235. The first-order valence-corrected chi connectivity index (χ1v) is 5.94. The molecule has 1 rings (SSSR count). The van der Waals surface area contributed by atoms with E-state index in [-0.39, 0.29) is 6.10 Å². The van der Waals surface area contributed by atoms with Crippen LogP contribution in [0.5, 0.6) is 0 Å². The number of nitrogens with zero attached hydrogens (tertiary/aromatic N) is 1. The van der Waals surface area contributed by atoms with Gasteiger partial charge in [0.2, 0.25) is 0 Å². The van der Waals surface area contributed by atoms with Gasteiger partial charge >= 0.3 is 0 Å². The Morgan fingerprint density at radius 1 is 1.38 bits per heavy atom. The first-order chi connectivity index (χ1) is 7.63. The lowest BCUT2D eigenvalue weighted by Crippen LogP contribution is -2.15. The van der Waals surface area contributed by atoms with Gasteiger partial charge in [0.15, 0.2) is 0 Å². The molecule has 1 aromatic rings. The molecule has 1 aromatic heterocycles. The van der Waals surface area contributed by atoms with E-state index in [9.17, 15) is 0 Å². The Kier molecular flexibility index (Phi) is 5.26. The van der Waals surface area contributed by atoms with Crippen molar-refractivity contribution in [1.29, 1.82) is 0 Å². The van der Waals surface area contributed by atoms with Crippen molar-refractivity contribution in [3.8, 4) is 0 Å². The summed E-state index contributed by atoms with van der Waals surface area (Å²) in [5.41, 5.74) is 1.17. The Morgan fingerprint density at radius 2 is 2.12 bits per heavy atom. The molecule has 1 N–H and O–H groups in total. The zero-order chi connectivity index (χ0) is 12.0. The van der Waals surface area contributed by atoms with E-state index in [0.29, 0.717) is 12.5 Å². The summed E-state index contributed by atoms with van der Waals surface area (Å²) in [5.74, 6) is 1.47. The van der Waals surface area contributed by atoms with E-state index in [2.05, 4.69) is 38.0 Å². The highest BCUT2D eigenvalue weighted by molar-refractivity contribution is 5.36. The lowest BCUT2D eigenvalue weighted by atomic mass is 10.1. The summed E-state index contributed by atoms with van der Waals surface area (Å²) in [6.45, 7) is 10.0. The Labute approximate surface area is 98.2 Å². The predicted molar refractivity (Wildman–Crippen MR) is 67.5 cm³/mol. The molecule has 0 aliphatic carbocycles. The fourth-order valence-electron chi connectivity index (χ4n) is 1.26. The maximum Gasteiger partial charge on any atom is 0.126 e. The van der Waals surface area contributed by atoms with E-state index < -0.39 is 0 Å². The number of anilines is 1. The van der Waals surface area contributed by atoms with Gasteiger partial charge in [-0.3, -0.25) is 0 Å². The normalized spacial score (nSPS) is 12.8. The van der Waals surface area contributed by atoms with Gasteiger partial charge in [0.05, 0.1) is 12.7 Å². The Balaban J connectivity index is 2.50. The maximum absolute atomic E-state index is 5.77. The van der Waals surface area contributed by atoms with Crippen LogP contribution in [0.25, 0.3) is 0 Å². The van der Waals surface area contributed by atoms with Gasteiger partial charge in [-0.25, -0.2) is 4.98 Å². The van der Waals surface area contributed by atoms with Gasteiger partial charge in [0, 0.05) is 12.7 Å². The molecule has 3 nitrogen and oxygen atoms in total. The van der Waals surface area contributed by atoms with Crippen molar-refractivity contribution in [2.75, 3.05) is 11.9 Å². The SMILES string of the molecule is CCNc1cc(COC(C)C(C)C)ccn1. The topological polar surface area (TPSA) is 34.1 Å². The maximum atomic E-state index is 5.77. The highest BCUT2D eigenvalue weighted by Gasteiger charge is 2.07. The summed E-state index contributed by atoms with van der Waals surface area (Å²) in [4.78, 5) is 4.22. The molecule has 0 saturated heterocycles. The number of aromatic nitrogens is 1. The quantitative estimate of drug-likeness (QED) is 0.803. The van der Waals surface area contributed by atoms with Crippen molar-refractivity contribution < 1.29 is 4.74 Å². The van der Waals surface area contributed by atoms with Gasteiger partial charge < -0.3 is 10.1 Å². The third-order valence-electron chi connectivity index (χ3n) is 2.63. The van der Waals surface area contributed by atoms with Crippen molar-refractivity contribution >= 4 is 5.82 Å². The minimum atomic E-state index is 0.288. The molecule has 90 valence electrons. The van der Waals surface area contributed by atoms with Crippen LogP contribution in [0.2, 0.25) is 0 Å². The lowest BCUT2D eigenvalue weighted by Gasteiger charge is -2.16. The van der Waals surface area contributed by atoms with Crippen LogP contribution in [0.15, 0.2) is 18.3 Å². The average molecular weight is 222 g/mol.